The summed E-state index contributed by atoms with van der Waals surface area (Å²) in [6.07, 6.45) is 4.88. The van der Waals surface area contributed by atoms with E-state index in [4.69, 9.17) is 9.47 Å². The first-order valence-electron chi connectivity index (χ1n) is 7.90. The van der Waals surface area contributed by atoms with Gasteiger partial charge in [-0.1, -0.05) is 19.9 Å². The topological polar surface area (TPSA) is 30.5 Å². The van der Waals surface area contributed by atoms with Crippen molar-refractivity contribution in [2.45, 2.75) is 46.1 Å². The Morgan fingerprint density at radius 2 is 2.05 bits per heavy atom. The fourth-order valence-electron chi connectivity index (χ4n) is 2.07. The summed E-state index contributed by atoms with van der Waals surface area (Å²) >= 11 is 0. The van der Waals surface area contributed by atoms with Gasteiger partial charge in [-0.3, -0.25) is 0 Å². The zero-order valence-electron chi connectivity index (χ0n) is 13.7. The second-order valence-corrected chi connectivity index (χ2v) is 5.36. The third-order valence-electron chi connectivity index (χ3n) is 3.09. The van der Waals surface area contributed by atoms with Gasteiger partial charge in [0, 0.05) is 11.6 Å². The smallest absolute Gasteiger partial charge is 0.123 e. The summed E-state index contributed by atoms with van der Waals surface area (Å²) in [7, 11) is 0. The monoisotopic (exact) mass is 291 g/mol. The number of rotatable bonds is 11. The van der Waals surface area contributed by atoms with Crippen molar-refractivity contribution in [3.8, 4) is 11.5 Å². The van der Waals surface area contributed by atoms with Crippen molar-refractivity contribution < 1.29 is 9.47 Å². The zero-order chi connectivity index (χ0) is 15.5. The van der Waals surface area contributed by atoms with Crippen molar-refractivity contribution in [2.75, 3.05) is 19.8 Å². The zero-order valence-corrected chi connectivity index (χ0v) is 13.7. The molecular weight excluding hydrogens is 262 g/mol. The molecule has 0 atom stereocenters. The first-order valence-corrected chi connectivity index (χ1v) is 7.90. The standard InChI is InChI=1S/C18H29NO2/c1-5-9-16-14-17(20-6-2)10-11-18(16)21-13-8-7-12-19-15(3)4/h5,10-11,14-15,19H,1,6-9,12-13H2,2-4H3. The largest absolute Gasteiger partial charge is 0.494 e. The van der Waals surface area contributed by atoms with Crippen LogP contribution in [0.15, 0.2) is 30.9 Å². The van der Waals surface area contributed by atoms with Crippen LogP contribution in [0.3, 0.4) is 0 Å². The number of hydrogen-bond acceptors (Lipinski definition) is 3. The van der Waals surface area contributed by atoms with Crippen LogP contribution in [0, 0.1) is 0 Å². The Balaban J connectivity index is 2.44. The maximum Gasteiger partial charge on any atom is 0.123 e. The van der Waals surface area contributed by atoms with E-state index in [0.29, 0.717) is 12.6 Å². The minimum absolute atomic E-state index is 0.552. The molecule has 0 saturated heterocycles. The summed E-state index contributed by atoms with van der Waals surface area (Å²) in [5.41, 5.74) is 1.14. The second kappa shape index (κ2) is 10.3. The molecule has 0 bridgehead atoms. The van der Waals surface area contributed by atoms with Gasteiger partial charge in [0.05, 0.1) is 13.2 Å². The molecule has 1 aromatic rings. The Kier molecular flexibility index (Phi) is 8.60. The van der Waals surface area contributed by atoms with Gasteiger partial charge in [0.1, 0.15) is 11.5 Å². The van der Waals surface area contributed by atoms with E-state index >= 15 is 0 Å². The molecular formula is C18H29NO2. The van der Waals surface area contributed by atoms with Crippen molar-refractivity contribution in [1.29, 1.82) is 0 Å². The van der Waals surface area contributed by atoms with Gasteiger partial charge < -0.3 is 14.8 Å². The second-order valence-electron chi connectivity index (χ2n) is 5.36. The van der Waals surface area contributed by atoms with E-state index in [0.717, 1.165) is 49.5 Å². The lowest BCUT2D eigenvalue weighted by molar-refractivity contribution is 0.300. The van der Waals surface area contributed by atoms with Crippen LogP contribution < -0.4 is 14.8 Å². The Morgan fingerprint density at radius 3 is 2.71 bits per heavy atom. The third kappa shape index (κ3) is 7.19. The van der Waals surface area contributed by atoms with Crippen LogP contribution in [-0.4, -0.2) is 25.8 Å². The highest BCUT2D eigenvalue weighted by Gasteiger charge is 2.05. The highest BCUT2D eigenvalue weighted by atomic mass is 16.5. The molecule has 118 valence electrons. The fraction of sp³-hybridized carbons (Fsp3) is 0.556. The van der Waals surface area contributed by atoms with Crippen molar-refractivity contribution in [3.63, 3.8) is 0 Å². The minimum atomic E-state index is 0.552. The summed E-state index contributed by atoms with van der Waals surface area (Å²) < 4.78 is 11.4. The number of unbranched alkanes of at least 4 members (excludes halogenated alkanes) is 1. The van der Waals surface area contributed by atoms with Crippen LogP contribution in [0.1, 0.15) is 39.2 Å². The number of benzene rings is 1. The van der Waals surface area contributed by atoms with Crippen molar-refractivity contribution in [1.82, 2.24) is 5.32 Å². The number of nitrogens with one attached hydrogen (secondary N) is 1. The molecule has 21 heavy (non-hydrogen) atoms. The van der Waals surface area contributed by atoms with Gasteiger partial charge >= 0.3 is 0 Å². The molecule has 3 heteroatoms. The number of hydrogen-bond donors (Lipinski definition) is 1. The summed E-state index contributed by atoms with van der Waals surface area (Å²) in [6, 6.07) is 6.55. The van der Waals surface area contributed by atoms with E-state index < -0.39 is 0 Å². The average Bonchev–Trinajstić information content (AvgIpc) is 2.45. The molecule has 0 spiro atoms. The summed E-state index contributed by atoms with van der Waals surface area (Å²) in [6.45, 7) is 12.6. The molecule has 0 aliphatic rings. The number of ether oxygens (including phenoxy) is 2. The van der Waals surface area contributed by atoms with Crippen LogP contribution in [-0.2, 0) is 6.42 Å². The lowest BCUT2D eigenvalue weighted by atomic mass is 10.1. The van der Waals surface area contributed by atoms with Crippen LogP contribution in [0.4, 0.5) is 0 Å². The molecule has 0 aliphatic carbocycles. The van der Waals surface area contributed by atoms with Crippen molar-refractivity contribution in [3.05, 3.63) is 36.4 Å². The van der Waals surface area contributed by atoms with Gasteiger partial charge in [-0.2, -0.15) is 0 Å². The molecule has 1 aromatic carbocycles. The molecule has 0 saturated carbocycles. The summed E-state index contributed by atoms with van der Waals surface area (Å²) in [5.74, 6) is 1.83. The predicted octanol–water partition coefficient (Wildman–Crippen LogP) is 3.97. The maximum atomic E-state index is 5.90. The Hall–Kier alpha value is -1.48. The first kappa shape index (κ1) is 17.6. The van der Waals surface area contributed by atoms with E-state index in [-0.39, 0.29) is 0 Å². The van der Waals surface area contributed by atoms with Gasteiger partial charge in [-0.15, -0.1) is 6.58 Å². The normalized spacial score (nSPS) is 10.7. The molecule has 1 rings (SSSR count). The van der Waals surface area contributed by atoms with Gasteiger partial charge in [0.25, 0.3) is 0 Å². The molecule has 0 heterocycles. The molecule has 0 aromatic heterocycles. The minimum Gasteiger partial charge on any atom is -0.494 e. The highest BCUT2D eigenvalue weighted by Crippen LogP contribution is 2.25. The Bertz CT molecular complexity index is 416. The van der Waals surface area contributed by atoms with Crippen LogP contribution in [0.2, 0.25) is 0 Å². The molecule has 3 nitrogen and oxygen atoms in total. The third-order valence-corrected chi connectivity index (χ3v) is 3.09. The molecule has 0 radical (unpaired) electrons. The lowest BCUT2D eigenvalue weighted by Crippen LogP contribution is -2.23. The van der Waals surface area contributed by atoms with Gasteiger partial charge in [0.2, 0.25) is 0 Å². The van der Waals surface area contributed by atoms with E-state index in [1.165, 1.54) is 0 Å². The quantitative estimate of drug-likeness (QED) is 0.494. The number of allylic oxidation sites excluding steroid dienone is 1. The molecule has 0 aliphatic heterocycles. The molecule has 0 unspecified atom stereocenters. The Morgan fingerprint density at radius 1 is 1.24 bits per heavy atom. The lowest BCUT2D eigenvalue weighted by Gasteiger charge is -2.13. The summed E-state index contributed by atoms with van der Waals surface area (Å²) in [4.78, 5) is 0. The SMILES string of the molecule is C=CCc1cc(OCC)ccc1OCCCCNC(C)C. The fourth-order valence-corrected chi connectivity index (χ4v) is 2.07. The van der Waals surface area contributed by atoms with E-state index in [9.17, 15) is 0 Å². The van der Waals surface area contributed by atoms with E-state index in [1.54, 1.807) is 0 Å². The highest BCUT2D eigenvalue weighted by molar-refractivity contribution is 5.41. The van der Waals surface area contributed by atoms with Gasteiger partial charge in [-0.05, 0) is 50.9 Å². The van der Waals surface area contributed by atoms with Crippen LogP contribution in [0.25, 0.3) is 0 Å². The van der Waals surface area contributed by atoms with E-state index in [1.807, 2.05) is 31.2 Å². The maximum absolute atomic E-state index is 5.90. The molecule has 1 N–H and O–H groups in total. The Labute approximate surface area is 129 Å². The van der Waals surface area contributed by atoms with Gasteiger partial charge in [-0.25, -0.2) is 0 Å². The van der Waals surface area contributed by atoms with E-state index in [2.05, 4.69) is 25.7 Å². The molecule has 0 amide bonds. The van der Waals surface area contributed by atoms with Crippen molar-refractivity contribution in [2.24, 2.45) is 0 Å². The van der Waals surface area contributed by atoms with Crippen LogP contribution >= 0.6 is 0 Å². The molecule has 0 fully saturated rings. The van der Waals surface area contributed by atoms with Crippen LogP contribution in [0.5, 0.6) is 11.5 Å². The summed E-state index contributed by atoms with van der Waals surface area (Å²) in [5, 5.41) is 3.41. The predicted molar refractivity (Wildman–Crippen MR) is 89.4 cm³/mol. The van der Waals surface area contributed by atoms with Gasteiger partial charge in [0.15, 0.2) is 0 Å². The average molecular weight is 291 g/mol. The van der Waals surface area contributed by atoms with Crippen molar-refractivity contribution >= 4 is 0 Å². The first-order chi connectivity index (χ1) is 10.2.